The zero-order valence-corrected chi connectivity index (χ0v) is 21.6. The fourth-order valence-electron chi connectivity index (χ4n) is 3.80. The summed E-state index contributed by atoms with van der Waals surface area (Å²) in [4.78, 5) is 11.6. The predicted octanol–water partition coefficient (Wildman–Crippen LogP) is 4.72. The number of nitrogens with one attached hydrogen (secondary N) is 2. The summed E-state index contributed by atoms with van der Waals surface area (Å²) in [6.45, 7) is 11.9. The second kappa shape index (κ2) is 12.5. The van der Waals surface area contributed by atoms with E-state index < -0.39 is 11.6 Å². The molecule has 0 amide bonds. The first-order valence-electron chi connectivity index (χ1n) is 11.0. The Hall–Kier alpha value is -1.75. The number of aliphatic imine (C=N–C) groups is 1. The molecule has 9 heteroatoms. The number of hydrogen-bond acceptors (Lipinski definition) is 4. The van der Waals surface area contributed by atoms with Crippen molar-refractivity contribution in [2.45, 2.75) is 53.1 Å². The average Bonchev–Trinajstić information content (AvgIpc) is 3.04. The summed E-state index contributed by atoms with van der Waals surface area (Å²) in [6.07, 6.45) is 2.12. The van der Waals surface area contributed by atoms with E-state index in [2.05, 4.69) is 20.5 Å². The van der Waals surface area contributed by atoms with Crippen molar-refractivity contribution in [3.63, 3.8) is 0 Å². The quantitative estimate of drug-likeness (QED) is 0.291. The Kier molecular flexibility index (Phi) is 10.3. The Morgan fingerprint density at radius 1 is 1.28 bits per heavy atom. The van der Waals surface area contributed by atoms with Crippen molar-refractivity contribution in [3.8, 4) is 0 Å². The molecule has 178 valence electrons. The molecule has 1 aromatic heterocycles. The van der Waals surface area contributed by atoms with Gasteiger partial charge in [-0.25, -0.2) is 13.8 Å². The molecule has 1 atom stereocenters. The Morgan fingerprint density at radius 3 is 2.59 bits per heavy atom. The van der Waals surface area contributed by atoms with Crippen LogP contribution in [-0.2, 0) is 6.54 Å². The molecule has 1 aliphatic heterocycles. The predicted molar refractivity (Wildman–Crippen MR) is 133 cm³/mol. The van der Waals surface area contributed by atoms with Crippen molar-refractivity contribution in [3.05, 3.63) is 52.7 Å². The van der Waals surface area contributed by atoms with Gasteiger partial charge in [0.1, 0.15) is 17.4 Å². The summed E-state index contributed by atoms with van der Waals surface area (Å²) < 4.78 is 33.0. The van der Waals surface area contributed by atoms with E-state index in [1.54, 1.807) is 0 Å². The fourth-order valence-corrected chi connectivity index (χ4v) is 3.80. The summed E-state index contributed by atoms with van der Waals surface area (Å²) in [6, 6.07) is 3.33. The standard InChI is InChI=1S/C23H33F2N5O.HI/c1-5-26-23(29-16(3)20-7-6-19(24)12-21(20)25)27-13-18-8-10-30(11-9-18)14-22-28-15(2)17(4)31-22;/h6-7,12,16,18H,5,8-11,13-14H2,1-4H3,(H2,26,27,29);1H. The molecule has 1 saturated heterocycles. The molecule has 6 nitrogen and oxygen atoms in total. The van der Waals surface area contributed by atoms with Gasteiger partial charge in [-0.2, -0.15) is 0 Å². The van der Waals surface area contributed by atoms with Crippen LogP contribution in [0.1, 0.15) is 55.6 Å². The minimum Gasteiger partial charge on any atom is -0.444 e. The fraction of sp³-hybridized carbons (Fsp3) is 0.565. The lowest BCUT2D eigenvalue weighted by molar-refractivity contribution is 0.166. The van der Waals surface area contributed by atoms with Gasteiger partial charge in [-0.05, 0) is 65.6 Å². The molecule has 0 spiro atoms. The molecule has 1 fully saturated rings. The van der Waals surface area contributed by atoms with E-state index >= 15 is 0 Å². The van der Waals surface area contributed by atoms with Crippen molar-refractivity contribution in [1.82, 2.24) is 20.5 Å². The Morgan fingerprint density at radius 2 is 2.00 bits per heavy atom. The van der Waals surface area contributed by atoms with E-state index in [4.69, 9.17) is 9.41 Å². The molecule has 3 rings (SSSR count). The number of aromatic nitrogens is 1. The third kappa shape index (κ3) is 7.40. The summed E-state index contributed by atoms with van der Waals surface area (Å²) in [5.74, 6) is 1.68. The highest BCUT2D eigenvalue weighted by molar-refractivity contribution is 14.0. The number of halogens is 3. The molecule has 32 heavy (non-hydrogen) atoms. The molecule has 0 aliphatic carbocycles. The van der Waals surface area contributed by atoms with Gasteiger partial charge in [-0.3, -0.25) is 9.89 Å². The van der Waals surface area contributed by atoms with Gasteiger partial charge in [0.05, 0.1) is 18.3 Å². The summed E-state index contributed by atoms with van der Waals surface area (Å²) in [7, 11) is 0. The van der Waals surface area contributed by atoms with E-state index in [1.807, 2.05) is 27.7 Å². The maximum Gasteiger partial charge on any atom is 0.208 e. The van der Waals surface area contributed by atoms with Gasteiger partial charge < -0.3 is 15.1 Å². The molecular formula is C23H34F2IN5O. The van der Waals surface area contributed by atoms with Crippen LogP contribution < -0.4 is 10.6 Å². The molecule has 2 N–H and O–H groups in total. The Bertz CT molecular complexity index is 877. The molecule has 0 radical (unpaired) electrons. The molecule has 2 heterocycles. The molecule has 2 aromatic rings. The molecule has 0 saturated carbocycles. The van der Waals surface area contributed by atoms with Gasteiger partial charge in [0, 0.05) is 24.7 Å². The summed E-state index contributed by atoms with van der Waals surface area (Å²) in [5.41, 5.74) is 1.37. The third-order valence-electron chi connectivity index (χ3n) is 5.77. The number of aryl methyl sites for hydroxylation is 2. The van der Waals surface area contributed by atoms with Crippen LogP contribution in [0.15, 0.2) is 27.6 Å². The number of hydrogen-bond donors (Lipinski definition) is 2. The van der Waals surface area contributed by atoms with Crippen LogP contribution in [0.4, 0.5) is 8.78 Å². The van der Waals surface area contributed by atoms with Crippen LogP contribution >= 0.6 is 24.0 Å². The molecular weight excluding hydrogens is 527 g/mol. The first-order valence-corrected chi connectivity index (χ1v) is 11.0. The second-order valence-corrected chi connectivity index (χ2v) is 8.22. The zero-order valence-electron chi connectivity index (χ0n) is 19.3. The van der Waals surface area contributed by atoms with Crippen LogP contribution in [-0.4, -0.2) is 42.0 Å². The highest BCUT2D eigenvalue weighted by Gasteiger charge is 2.21. The van der Waals surface area contributed by atoms with Crippen LogP contribution in [0, 0.1) is 31.4 Å². The van der Waals surface area contributed by atoms with Crippen molar-refractivity contribution in [2.24, 2.45) is 10.9 Å². The lowest BCUT2D eigenvalue weighted by Gasteiger charge is -2.30. The highest BCUT2D eigenvalue weighted by atomic mass is 127. The van der Waals surface area contributed by atoms with Crippen LogP contribution in [0.5, 0.6) is 0 Å². The van der Waals surface area contributed by atoms with Crippen LogP contribution in [0.3, 0.4) is 0 Å². The minimum absolute atomic E-state index is 0. The van der Waals surface area contributed by atoms with Crippen molar-refractivity contribution in [2.75, 3.05) is 26.2 Å². The van der Waals surface area contributed by atoms with E-state index in [0.29, 0.717) is 30.5 Å². The second-order valence-electron chi connectivity index (χ2n) is 8.22. The maximum absolute atomic E-state index is 14.1. The average molecular weight is 561 g/mol. The lowest BCUT2D eigenvalue weighted by Crippen LogP contribution is -2.40. The zero-order chi connectivity index (χ0) is 22.4. The van der Waals surface area contributed by atoms with Crippen molar-refractivity contribution in [1.29, 1.82) is 0 Å². The van der Waals surface area contributed by atoms with Gasteiger partial charge in [-0.1, -0.05) is 6.07 Å². The third-order valence-corrected chi connectivity index (χ3v) is 5.77. The van der Waals surface area contributed by atoms with Gasteiger partial charge in [0.2, 0.25) is 5.89 Å². The maximum atomic E-state index is 14.1. The SMILES string of the molecule is CCNC(=NCC1CCN(Cc2nc(C)c(C)o2)CC1)NC(C)c1ccc(F)cc1F.I. The highest BCUT2D eigenvalue weighted by Crippen LogP contribution is 2.21. The Labute approximate surface area is 206 Å². The number of oxazole rings is 1. The van der Waals surface area contributed by atoms with Gasteiger partial charge in [0.25, 0.3) is 0 Å². The van der Waals surface area contributed by atoms with Crippen LogP contribution in [0.2, 0.25) is 0 Å². The first-order chi connectivity index (χ1) is 14.9. The van der Waals surface area contributed by atoms with E-state index in [-0.39, 0.29) is 30.0 Å². The largest absolute Gasteiger partial charge is 0.444 e. The number of benzene rings is 1. The monoisotopic (exact) mass is 561 g/mol. The number of likely N-dealkylation sites (tertiary alicyclic amines) is 1. The van der Waals surface area contributed by atoms with Crippen LogP contribution in [0.25, 0.3) is 0 Å². The number of rotatable bonds is 7. The van der Waals surface area contributed by atoms with Gasteiger partial charge >= 0.3 is 0 Å². The molecule has 0 bridgehead atoms. The molecule has 1 unspecified atom stereocenters. The van der Waals surface area contributed by atoms with E-state index in [9.17, 15) is 8.78 Å². The molecule has 1 aliphatic rings. The van der Waals surface area contributed by atoms with E-state index in [0.717, 1.165) is 55.9 Å². The number of nitrogens with zero attached hydrogens (tertiary/aromatic N) is 3. The van der Waals surface area contributed by atoms with E-state index in [1.165, 1.54) is 12.1 Å². The molecule has 1 aromatic carbocycles. The topological polar surface area (TPSA) is 65.7 Å². The summed E-state index contributed by atoms with van der Waals surface area (Å²) >= 11 is 0. The van der Waals surface area contributed by atoms with Gasteiger partial charge in [0.15, 0.2) is 5.96 Å². The number of guanidine groups is 1. The first kappa shape index (κ1) is 26.5. The minimum atomic E-state index is -0.575. The van der Waals surface area contributed by atoms with Crippen molar-refractivity contribution >= 4 is 29.9 Å². The number of piperidine rings is 1. The Balaban J connectivity index is 0.00000363. The van der Waals surface area contributed by atoms with Gasteiger partial charge in [-0.15, -0.1) is 24.0 Å². The smallest absolute Gasteiger partial charge is 0.208 e. The summed E-state index contributed by atoms with van der Waals surface area (Å²) in [5, 5.41) is 6.44. The van der Waals surface area contributed by atoms with Crippen molar-refractivity contribution < 1.29 is 13.2 Å². The lowest BCUT2D eigenvalue weighted by atomic mass is 9.97. The normalized spacial score (nSPS) is 16.5.